The summed E-state index contributed by atoms with van der Waals surface area (Å²) in [6.45, 7) is 4.87. The van der Waals surface area contributed by atoms with E-state index in [2.05, 4.69) is 15.0 Å². The lowest BCUT2D eigenvalue weighted by Crippen LogP contribution is -2.28. The Morgan fingerprint density at radius 3 is 2.04 bits per heavy atom. The summed E-state index contributed by atoms with van der Waals surface area (Å²) in [6, 6.07) is 7.50. The fraction of sp³-hybridized carbons (Fsp3) is 0.357. The highest BCUT2D eigenvalue weighted by molar-refractivity contribution is 7.92. The molecule has 24 heavy (non-hydrogen) atoms. The van der Waals surface area contributed by atoms with Crippen molar-refractivity contribution in [3.8, 4) is 11.8 Å². The third kappa shape index (κ3) is 3.81. The maximum atomic E-state index is 12.8. The van der Waals surface area contributed by atoms with Gasteiger partial charge in [0.25, 0.3) is 5.16 Å². The average molecular weight is 361 g/mol. The Hall–Kier alpha value is -2.23. The monoisotopic (exact) mass is 361 g/mol. The van der Waals surface area contributed by atoms with E-state index in [9.17, 15) is 21.6 Å². The van der Waals surface area contributed by atoms with Gasteiger partial charge in [-0.05, 0) is 12.1 Å². The predicted molar refractivity (Wildman–Crippen MR) is 78.3 cm³/mol. The Morgan fingerprint density at radius 2 is 1.54 bits per heavy atom. The van der Waals surface area contributed by atoms with Crippen LogP contribution in [-0.4, -0.2) is 28.9 Å². The molecule has 2 rings (SSSR count). The molecule has 0 atom stereocenters. The molecule has 1 aromatic carbocycles. The molecule has 6 nitrogen and oxygen atoms in total. The zero-order valence-electron chi connectivity index (χ0n) is 13.0. The van der Waals surface area contributed by atoms with Crippen LogP contribution in [0.3, 0.4) is 0 Å². The summed E-state index contributed by atoms with van der Waals surface area (Å²) in [5.41, 5.74) is -6.33. The molecule has 1 aromatic heterocycles. The number of ether oxygens (including phenoxy) is 1. The zero-order valence-corrected chi connectivity index (χ0v) is 13.8. The predicted octanol–water partition coefficient (Wildman–Crippen LogP) is 3.25. The lowest BCUT2D eigenvalue weighted by molar-refractivity contribution is -0.0440. The maximum absolute atomic E-state index is 12.8. The van der Waals surface area contributed by atoms with Crippen LogP contribution in [-0.2, 0) is 15.3 Å². The standard InChI is InChI=1S/C14H14F3N3O3S/c1-13(2,3)10-18-11(23-9-7-5-4-6-8-9)20-12(19-10)24(21,22)14(15,16)17/h4-8H,1-3H3. The van der Waals surface area contributed by atoms with E-state index in [0.29, 0.717) is 0 Å². The third-order valence-corrected chi connectivity index (χ3v) is 4.04. The first-order valence-electron chi connectivity index (χ1n) is 6.72. The molecule has 0 saturated carbocycles. The van der Waals surface area contributed by atoms with Crippen molar-refractivity contribution >= 4 is 9.84 Å². The average Bonchev–Trinajstić information content (AvgIpc) is 2.46. The molecule has 0 unspecified atom stereocenters. The van der Waals surface area contributed by atoms with Crippen molar-refractivity contribution in [2.45, 2.75) is 36.9 Å². The Labute approximate surface area is 136 Å². The molecule has 1 heterocycles. The van der Waals surface area contributed by atoms with Gasteiger partial charge in [0.05, 0.1) is 0 Å². The first kappa shape index (κ1) is 18.1. The van der Waals surface area contributed by atoms with E-state index >= 15 is 0 Å². The van der Waals surface area contributed by atoms with Gasteiger partial charge in [0.1, 0.15) is 11.6 Å². The van der Waals surface area contributed by atoms with E-state index < -0.39 is 31.9 Å². The van der Waals surface area contributed by atoms with Crippen molar-refractivity contribution in [3.05, 3.63) is 36.2 Å². The number of sulfone groups is 1. The molecule has 0 aliphatic heterocycles. The Bertz CT molecular complexity index is 832. The second-order valence-electron chi connectivity index (χ2n) is 5.84. The van der Waals surface area contributed by atoms with Crippen molar-refractivity contribution in [1.82, 2.24) is 15.0 Å². The van der Waals surface area contributed by atoms with E-state index in [4.69, 9.17) is 4.74 Å². The molecule has 0 N–H and O–H groups in total. The number of hydrogen-bond acceptors (Lipinski definition) is 6. The molecule has 0 radical (unpaired) electrons. The van der Waals surface area contributed by atoms with Crippen LogP contribution >= 0.6 is 0 Å². The highest BCUT2D eigenvalue weighted by Crippen LogP contribution is 2.31. The van der Waals surface area contributed by atoms with Gasteiger partial charge in [0.2, 0.25) is 0 Å². The number of rotatable bonds is 3. The van der Waals surface area contributed by atoms with Crippen LogP contribution in [0, 0.1) is 0 Å². The molecule has 0 bridgehead atoms. The summed E-state index contributed by atoms with van der Waals surface area (Å²) in [4.78, 5) is 10.7. The first-order chi connectivity index (χ1) is 10.9. The van der Waals surface area contributed by atoms with Crippen LogP contribution in [0.5, 0.6) is 11.8 Å². The molecule has 0 saturated heterocycles. The molecule has 0 aliphatic rings. The van der Waals surface area contributed by atoms with E-state index in [-0.39, 0.29) is 11.6 Å². The smallest absolute Gasteiger partial charge is 0.424 e. The van der Waals surface area contributed by atoms with Gasteiger partial charge in [-0.2, -0.15) is 23.1 Å². The van der Waals surface area contributed by atoms with Crippen LogP contribution in [0.15, 0.2) is 35.5 Å². The first-order valence-corrected chi connectivity index (χ1v) is 8.20. The van der Waals surface area contributed by atoms with Gasteiger partial charge in [-0.25, -0.2) is 13.4 Å². The Morgan fingerprint density at radius 1 is 0.958 bits per heavy atom. The molecule has 10 heteroatoms. The van der Waals surface area contributed by atoms with Gasteiger partial charge < -0.3 is 4.74 Å². The summed E-state index contributed by atoms with van der Waals surface area (Å²) in [7, 11) is -5.72. The third-order valence-electron chi connectivity index (χ3n) is 2.76. The number of para-hydroxylation sites is 1. The lowest BCUT2D eigenvalue weighted by Gasteiger charge is -2.18. The number of hydrogen-bond donors (Lipinski definition) is 0. The summed E-state index contributed by atoms with van der Waals surface area (Å²) >= 11 is 0. The van der Waals surface area contributed by atoms with Crippen molar-refractivity contribution < 1.29 is 26.3 Å². The molecule has 0 spiro atoms. The topological polar surface area (TPSA) is 82.0 Å². The van der Waals surface area contributed by atoms with Crippen LogP contribution < -0.4 is 4.74 Å². The van der Waals surface area contributed by atoms with Crippen LogP contribution in [0.25, 0.3) is 0 Å². The van der Waals surface area contributed by atoms with Gasteiger partial charge in [-0.1, -0.05) is 39.0 Å². The van der Waals surface area contributed by atoms with Gasteiger partial charge >= 0.3 is 21.4 Å². The van der Waals surface area contributed by atoms with E-state index in [1.54, 1.807) is 39.0 Å². The Kier molecular flexibility index (Phi) is 4.53. The lowest BCUT2D eigenvalue weighted by atomic mass is 9.96. The van der Waals surface area contributed by atoms with Crippen LogP contribution in [0.4, 0.5) is 13.2 Å². The SMILES string of the molecule is CC(C)(C)c1nc(Oc2ccccc2)nc(S(=O)(=O)C(F)(F)F)n1. The fourth-order valence-corrected chi connectivity index (χ4v) is 2.15. The minimum absolute atomic E-state index is 0.133. The van der Waals surface area contributed by atoms with Gasteiger partial charge in [-0.15, -0.1) is 0 Å². The van der Waals surface area contributed by atoms with E-state index in [1.807, 2.05) is 0 Å². The fourth-order valence-electron chi connectivity index (χ4n) is 1.54. The van der Waals surface area contributed by atoms with E-state index in [0.717, 1.165) is 0 Å². The highest BCUT2D eigenvalue weighted by Gasteiger charge is 2.50. The summed E-state index contributed by atoms with van der Waals surface area (Å²) in [5, 5.41) is -1.39. The maximum Gasteiger partial charge on any atom is 0.505 e. The normalized spacial score (nSPS) is 12.9. The largest absolute Gasteiger partial charge is 0.505 e. The molecular formula is C14H14F3N3O3S. The van der Waals surface area contributed by atoms with Gasteiger partial charge in [0.15, 0.2) is 0 Å². The van der Waals surface area contributed by atoms with E-state index in [1.165, 1.54) is 12.1 Å². The number of benzene rings is 1. The quantitative estimate of drug-likeness (QED) is 0.835. The number of nitrogens with zero attached hydrogens (tertiary/aromatic N) is 3. The molecular weight excluding hydrogens is 347 g/mol. The summed E-state index contributed by atoms with van der Waals surface area (Å²) in [5.74, 6) is 0.116. The Balaban J connectivity index is 2.59. The van der Waals surface area contributed by atoms with Gasteiger partial charge in [0, 0.05) is 5.41 Å². The number of halogens is 3. The second kappa shape index (κ2) is 6.00. The van der Waals surface area contributed by atoms with Gasteiger partial charge in [-0.3, -0.25) is 0 Å². The second-order valence-corrected chi connectivity index (χ2v) is 7.67. The van der Waals surface area contributed by atoms with Crippen LogP contribution in [0.2, 0.25) is 0 Å². The van der Waals surface area contributed by atoms with Crippen LogP contribution in [0.1, 0.15) is 26.6 Å². The molecule has 2 aromatic rings. The number of alkyl halides is 3. The van der Waals surface area contributed by atoms with Crippen molar-refractivity contribution in [1.29, 1.82) is 0 Å². The highest BCUT2D eigenvalue weighted by atomic mass is 32.2. The van der Waals surface area contributed by atoms with Crippen molar-refractivity contribution in [3.63, 3.8) is 0 Å². The molecule has 0 aliphatic carbocycles. The molecule has 130 valence electrons. The van der Waals surface area contributed by atoms with Crippen molar-refractivity contribution in [2.75, 3.05) is 0 Å². The minimum Gasteiger partial charge on any atom is -0.424 e. The summed E-state index contributed by atoms with van der Waals surface area (Å²) in [6.07, 6.45) is 0. The van der Waals surface area contributed by atoms with Crippen molar-refractivity contribution in [2.24, 2.45) is 0 Å². The number of aromatic nitrogens is 3. The molecule has 0 fully saturated rings. The summed E-state index contributed by atoms with van der Waals surface area (Å²) < 4.78 is 66.8. The minimum atomic E-state index is -5.72. The zero-order chi connectivity index (χ0) is 18.2. The molecule has 0 amide bonds.